The summed E-state index contributed by atoms with van der Waals surface area (Å²) in [5.41, 5.74) is 1.86. The van der Waals surface area contributed by atoms with E-state index in [1.54, 1.807) is 17.0 Å². The number of benzene rings is 2. The number of hydrogen-bond acceptors (Lipinski definition) is 5. The molecular formula is C21H22N2O5. The molecule has 1 fully saturated rings. The van der Waals surface area contributed by atoms with Crippen LogP contribution in [-0.4, -0.2) is 44.2 Å². The number of amides is 2. The third-order valence-corrected chi connectivity index (χ3v) is 4.72. The molecule has 1 N–H and O–H groups in total. The molecule has 2 aliphatic rings. The van der Waals surface area contributed by atoms with Gasteiger partial charge in [0.15, 0.2) is 18.1 Å². The maximum atomic E-state index is 12.4. The molecule has 146 valence electrons. The molecule has 0 saturated carbocycles. The van der Waals surface area contributed by atoms with Crippen molar-refractivity contribution < 1.29 is 23.8 Å². The second-order valence-electron chi connectivity index (χ2n) is 6.90. The van der Waals surface area contributed by atoms with Gasteiger partial charge in [0.25, 0.3) is 5.91 Å². The summed E-state index contributed by atoms with van der Waals surface area (Å²) in [6, 6.07) is 12.7. The van der Waals surface area contributed by atoms with Crippen LogP contribution in [0.2, 0.25) is 0 Å². The van der Waals surface area contributed by atoms with Crippen molar-refractivity contribution in [2.45, 2.75) is 19.4 Å². The van der Waals surface area contributed by atoms with Gasteiger partial charge in [0.1, 0.15) is 19.0 Å². The number of carbonyl (C=O) groups excluding carboxylic acids is 2. The lowest BCUT2D eigenvalue weighted by Crippen LogP contribution is -2.39. The average Bonchev–Trinajstić information content (AvgIpc) is 3.07. The molecule has 1 saturated heterocycles. The van der Waals surface area contributed by atoms with E-state index in [9.17, 15) is 9.59 Å². The van der Waals surface area contributed by atoms with Gasteiger partial charge in [0, 0.05) is 24.7 Å². The molecule has 0 radical (unpaired) electrons. The Balaban J connectivity index is 1.33. The molecule has 0 aliphatic carbocycles. The molecule has 0 unspecified atom stereocenters. The van der Waals surface area contributed by atoms with Gasteiger partial charge in [-0.1, -0.05) is 17.7 Å². The number of anilines is 1. The fraction of sp³-hybridized carbons (Fsp3) is 0.333. The van der Waals surface area contributed by atoms with Gasteiger partial charge >= 0.3 is 0 Å². The third kappa shape index (κ3) is 4.03. The van der Waals surface area contributed by atoms with Crippen LogP contribution in [-0.2, 0) is 9.59 Å². The highest BCUT2D eigenvalue weighted by Crippen LogP contribution is 2.35. The Bertz CT molecular complexity index is 881. The second kappa shape index (κ2) is 7.80. The zero-order chi connectivity index (χ0) is 19.5. The van der Waals surface area contributed by atoms with E-state index in [2.05, 4.69) is 5.32 Å². The maximum absolute atomic E-state index is 12.4. The number of carbonyl (C=O) groups is 2. The summed E-state index contributed by atoms with van der Waals surface area (Å²) in [4.78, 5) is 26.3. The van der Waals surface area contributed by atoms with Crippen molar-refractivity contribution >= 4 is 17.5 Å². The Hall–Kier alpha value is -3.22. The molecule has 2 aromatic carbocycles. The van der Waals surface area contributed by atoms with Crippen LogP contribution in [0.4, 0.5) is 5.69 Å². The molecular weight excluding hydrogens is 360 g/mol. The zero-order valence-corrected chi connectivity index (χ0v) is 15.6. The van der Waals surface area contributed by atoms with Crippen molar-refractivity contribution in [3.05, 3.63) is 48.0 Å². The first-order chi connectivity index (χ1) is 13.6. The number of rotatable bonds is 5. The second-order valence-corrected chi connectivity index (χ2v) is 6.90. The van der Waals surface area contributed by atoms with Gasteiger partial charge in [0.05, 0.1) is 6.04 Å². The van der Waals surface area contributed by atoms with Crippen LogP contribution in [0.3, 0.4) is 0 Å². The van der Waals surface area contributed by atoms with Crippen molar-refractivity contribution in [1.29, 1.82) is 0 Å². The molecule has 4 rings (SSSR count). The van der Waals surface area contributed by atoms with Crippen molar-refractivity contribution in [2.75, 3.05) is 31.3 Å². The first-order valence-electron chi connectivity index (χ1n) is 9.27. The molecule has 1 atom stereocenters. The highest BCUT2D eigenvalue weighted by Gasteiger charge is 2.32. The van der Waals surface area contributed by atoms with E-state index in [-0.39, 0.29) is 30.9 Å². The SMILES string of the molecule is Cc1ccc(OCC(=O)N[C@@H]2CC(=O)N(c3ccc4c(c3)OCCO4)C2)cc1. The predicted molar refractivity (Wildman–Crippen MR) is 103 cm³/mol. The quantitative estimate of drug-likeness (QED) is 0.857. The number of nitrogens with one attached hydrogen (secondary N) is 1. The number of aryl methyl sites for hydroxylation is 1. The van der Waals surface area contributed by atoms with E-state index >= 15 is 0 Å². The number of ether oxygens (including phenoxy) is 3. The van der Waals surface area contributed by atoms with Crippen molar-refractivity contribution in [3.63, 3.8) is 0 Å². The molecule has 7 heteroatoms. The monoisotopic (exact) mass is 382 g/mol. The van der Waals surface area contributed by atoms with Gasteiger partial charge < -0.3 is 24.4 Å². The van der Waals surface area contributed by atoms with E-state index < -0.39 is 0 Å². The highest BCUT2D eigenvalue weighted by atomic mass is 16.6. The standard InChI is InChI=1S/C21H22N2O5/c1-14-2-5-17(6-3-14)28-13-20(24)22-15-10-21(25)23(12-15)16-4-7-18-19(11-16)27-9-8-26-18/h2-7,11,15H,8-10,12-13H2,1H3,(H,22,24)/t15-/m1/s1. The third-order valence-electron chi connectivity index (χ3n) is 4.72. The predicted octanol–water partition coefficient (Wildman–Crippen LogP) is 2.07. The van der Waals surface area contributed by atoms with Crippen molar-refractivity contribution in [1.82, 2.24) is 5.32 Å². The van der Waals surface area contributed by atoms with E-state index in [0.29, 0.717) is 37.0 Å². The molecule has 2 aliphatic heterocycles. The van der Waals surface area contributed by atoms with E-state index in [0.717, 1.165) is 11.3 Å². The summed E-state index contributed by atoms with van der Waals surface area (Å²) in [5.74, 6) is 1.67. The Labute approximate surface area is 163 Å². The van der Waals surface area contributed by atoms with Crippen LogP contribution < -0.4 is 24.4 Å². The number of hydrogen-bond donors (Lipinski definition) is 1. The van der Waals surface area contributed by atoms with Crippen LogP contribution in [0.25, 0.3) is 0 Å². The zero-order valence-electron chi connectivity index (χ0n) is 15.6. The molecule has 2 amide bonds. The molecule has 0 aromatic heterocycles. The van der Waals surface area contributed by atoms with Crippen LogP contribution >= 0.6 is 0 Å². The van der Waals surface area contributed by atoms with Crippen LogP contribution in [0.5, 0.6) is 17.2 Å². The van der Waals surface area contributed by atoms with Crippen LogP contribution in [0, 0.1) is 6.92 Å². The van der Waals surface area contributed by atoms with E-state index in [1.807, 2.05) is 37.3 Å². The minimum absolute atomic E-state index is 0.0403. The smallest absolute Gasteiger partial charge is 0.258 e. The molecule has 2 heterocycles. The van der Waals surface area contributed by atoms with Crippen molar-refractivity contribution in [2.24, 2.45) is 0 Å². The van der Waals surface area contributed by atoms with Crippen LogP contribution in [0.15, 0.2) is 42.5 Å². The maximum Gasteiger partial charge on any atom is 0.258 e. The Kier molecular flexibility index (Phi) is 5.06. The van der Waals surface area contributed by atoms with E-state index in [4.69, 9.17) is 14.2 Å². The topological polar surface area (TPSA) is 77.1 Å². The molecule has 2 aromatic rings. The minimum atomic E-state index is -0.255. The lowest BCUT2D eigenvalue weighted by Gasteiger charge is -2.22. The highest BCUT2D eigenvalue weighted by molar-refractivity contribution is 5.97. The van der Waals surface area contributed by atoms with Crippen LogP contribution in [0.1, 0.15) is 12.0 Å². The Morgan fingerprint density at radius 1 is 1.14 bits per heavy atom. The summed E-state index contributed by atoms with van der Waals surface area (Å²) in [7, 11) is 0. The van der Waals surface area contributed by atoms with Gasteiger partial charge in [-0.05, 0) is 31.2 Å². The number of nitrogens with zero attached hydrogens (tertiary/aromatic N) is 1. The number of fused-ring (bicyclic) bond motifs is 1. The molecule has 28 heavy (non-hydrogen) atoms. The summed E-state index contributed by atoms with van der Waals surface area (Å²) < 4.78 is 16.6. The molecule has 0 spiro atoms. The minimum Gasteiger partial charge on any atom is -0.486 e. The fourth-order valence-corrected chi connectivity index (χ4v) is 3.31. The normalized spacial score (nSPS) is 18.1. The lowest BCUT2D eigenvalue weighted by molar-refractivity contribution is -0.123. The average molecular weight is 382 g/mol. The Morgan fingerprint density at radius 3 is 2.68 bits per heavy atom. The van der Waals surface area contributed by atoms with Gasteiger partial charge in [0.2, 0.25) is 5.91 Å². The summed E-state index contributed by atoms with van der Waals surface area (Å²) >= 11 is 0. The fourth-order valence-electron chi connectivity index (χ4n) is 3.31. The van der Waals surface area contributed by atoms with Gasteiger partial charge in [-0.2, -0.15) is 0 Å². The molecule has 0 bridgehead atoms. The van der Waals surface area contributed by atoms with Gasteiger partial charge in [-0.25, -0.2) is 0 Å². The van der Waals surface area contributed by atoms with E-state index in [1.165, 1.54) is 0 Å². The molecule has 7 nitrogen and oxygen atoms in total. The summed E-state index contributed by atoms with van der Waals surface area (Å²) in [6.07, 6.45) is 0.255. The Morgan fingerprint density at radius 2 is 1.89 bits per heavy atom. The lowest BCUT2D eigenvalue weighted by atomic mass is 10.2. The summed E-state index contributed by atoms with van der Waals surface area (Å²) in [5, 5.41) is 2.87. The van der Waals surface area contributed by atoms with Gasteiger partial charge in [-0.15, -0.1) is 0 Å². The summed E-state index contributed by atoms with van der Waals surface area (Å²) in [6.45, 7) is 3.32. The van der Waals surface area contributed by atoms with Crippen molar-refractivity contribution in [3.8, 4) is 17.2 Å². The van der Waals surface area contributed by atoms with Gasteiger partial charge in [-0.3, -0.25) is 9.59 Å². The first kappa shape index (κ1) is 18.2. The largest absolute Gasteiger partial charge is 0.486 e. The first-order valence-corrected chi connectivity index (χ1v) is 9.27.